The maximum atomic E-state index is 11.9. The van der Waals surface area contributed by atoms with Crippen LogP contribution in [0.1, 0.15) is 32.8 Å². The van der Waals surface area contributed by atoms with Gasteiger partial charge in [-0.25, -0.2) is 8.42 Å². The summed E-state index contributed by atoms with van der Waals surface area (Å²) >= 11 is 0. The molecule has 20 heavy (non-hydrogen) atoms. The van der Waals surface area contributed by atoms with Crippen molar-refractivity contribution in [2.24, 2.45) is 0 Å². The molecule has 1 N–H and O–H groups in total. The van der Waals surface area contributed by atoms with Crippen LogP contribution >= 0.6 is 0 Å². The molecular weight excluding hydrogens is 276 g/mol. The van der Waals surface area contributed by atoms with Crippen LogP contribution in [-0.2, 0) is 21.1 Å². The summed E-state index contributed by atoms with van der Waals surface area (Å²) in [4.78, 5) is 15.6. The third-order valence-corrected chi connectivity index (χ3v) is 5.60. The second-order valence-corrected chi connectivity index (χ2v) is 8.50. The molecule has 6 heteroatoms. The normalized spacial score (nSPS) is 12.2. The van der Waals surface area contributed by atoms with Crippen LogP contribution in [0.15, 0.2) is 24.5 Å². The average Bonchev–Trinajstić information content (AvgIpc) is 2.36. The number of nitrogens with one attached hydrogen (secondary N) is 1. The van der Waals surface area contributed by atoms with Gasteiger partial charge < -0.3 is 5.32 Å². The van der Waals surface area contributed by atoms with E-state index in [1.54, 1.807) is 33.2 Å². The van der Waals surface area contributed by atoms with Crippen molar-refractivity contribution in [2.45, 2.75) is 38.4 Å². The molecule has 0 saturated heterocycles. The predicted molar refractivity (Wildman–Crippen MR) is 79.1 cm³/mol. The third-order valence-electron chi connectivity index (χ3n) is 2.99. The molecule has 0 saturated carbocycles. The molecule has 0 aromatic carbocycles. The van der Waals surface area contributed by atoms with Gasteiger partial charge in [-0.15, -0.1) is 0 Å². The molecule has 0 bridgehead atoms. The van der Waals surface area contributed by atoms with Crippen molar-refractivity contribution in [1.82, 2.24) is 10.3 Å². The lowest BCUT2D eigenvalue weighted by atomic mass is 10.1. The van der Waals surface area contributed by atoms with E-state index in [4.69, 9.17) is 0 Å². The van der Waals surface area contributed by atoms with E-state index < -0.39 is 14.6 Å². The molecule has 1 amide bonds. The summed E-state index contributed by atoms with van der Waals surface area (Å²) in [5.41, 5.74) is 0.991. The van der Waals surface area contributed by atoms with E-state index >= 15 is 0 Å². The molecule has 0 radical (unpaired) electrons. The first-order valence-corrected chi connectivity index (χ1v) is 8.25. The van der Waals surface area contributed by atoms with Gasteiger partial charge in [-0.2, -0.15) is 0 Å². The molecule has 112 valence electrons. The Balaban J connectivity index is 2.31. The van der Waals surface area contributed by atoms with E-state index in [-0.39, 0.29) is 18.2 Å². The summed E-state index contributed by atoms with van der Waals surface area (Å²) < 4.78 is 22.9. The molecule has 1 aromatic rings. The number of rotatable bonds is 6. The second-order valence-electron chi connectivity index (χ2n) is 5.64. The number of hydrogen-bond donors (Lipinski definition) is 1. The minimum absolute atomic E-state index is 0.0326. The molecule has 0 atom stereocenters. The van der Waals surface area contributed by atoms with Crippen LogP contribution in [0.5, 0.6) is 0 Å². The topological polar surface area (TPSA) is 76.1 Å². The Labute approximate surface area is 120 Å². The fraction of sp³-hybridized carbons (Fsp3) is 0.571. The molecule has 1 rings (SSSR count). The number of carbonyl (C=O) groups is 1. The molecule has 0 unspecified atom stereocenters. The number of aromatic nitrogens is 1. The molecule has 5 nitrogen and oxygen atoms in total. The van der Waals surface area contributed by atoms with E-state index in [1.165, 1.54) is 0 Å². The smallest absolute Gasteiger partial charge is 0.220 e. The van der Waals surface area contributed by atoms with Crippen molar-refractivity contribution >= 4 is 15.7 Å². The van der Waals surface area contributed by atoms with Crippen molar-refractivity contribution in [2.75, 3.05) is 12.3 Å². The van der Waals surface area contributed by atoms with Gasteiger partial charge in [-0.1, -0.05) is 6.07 Å². The van der Waals surface area contributed by atoms with Crippen molar-refractivity contribution in [3.05, 3.63) is 30.1 Å². The van der Waals surface area contributed by atoms with Crippen LogP contribution in [0.2, 0.25) is 0 Å². The van der Waals surface area contributed by atoms with Crippen LogP contribution in [0.25, 0.3) is 0 Å². The zero-order chi connectivity index (χ0) is 15.2. The highest BCUT2D eigenvalue weighted by Gasteiger charge is 2.28. The number of hydrogen-bond acceptors (Lipinski definition) is 4. The Bertz CT molecular complexity index is 533. The van der Waals surface area contributed by atoms with Gasteiger partial charge in [-0.3, -0.25) is 9.78 Å². The Morgan fingerprint density at radius 1 is 1.35 bits per heavy atom. The van der Waals surface area contributed by atoms with Crippen LogP contribution < -0.4 is 5.32 Å². The number of sulfone groups is 1. The summed E-state index contributed by atoms with van der Waals surface area (Å²) in [6, 6.07) is 3.73. The standard InChI is InChI=1S/C14H22N2O3S/c1-14(2,3)20(18,19)10-9-16-13(17)7-6-12-5-4-8-15-11-12/h4-5,8,11H,6-7,9-10H2,1-3H3,(H,16,17). The summed E-state index contributed by atoms with van der Waals surface area (Å²) in [5.74, 6) is -0.173. The largest absolute Gasteiger partial charge is 0.355 e. The van der Waals surface area contributed by atoms with E-state index in [0.29, 0.717) is 12.8 Å². The van der Waals surface area contributed by atoms with Crippen LogP contribution in [-0.4, -0.2) is 36.4 Å². The summed E-state index contributed by atoms with van der Waals surface area (Å²) in [5, 5.41) is 2.64. The molecule has 1 aromatic heterocycles. The molecule has 1 heterocycles. The third kappa shape index (κ3) is 5.28. The highest BCUT2D eigenvalue weighted by Crippen LogP contribution is 2.15. The lowest BCUT2D eigenvalue weighted by Crippen LogP contribution is -2.36. The first kappa shape index (κ1) is 16.6. The predicted octanol–water partition coefficient (Wildman–Crippen LogP) is 1.34. The van der Waals surface area contributed by atoms with E-state index in [2.05, 4.69) is 10.3 Å². The van der Waals surface area contributed by atoms with Crippen LogP contribution in [0, 0.1) is 0 Å². The van der Waals surface area contributed by atoms with Gasteiger partial charge in [0.25, 0.3) is 0 Å². The van der Waals surface area contributed by atoms with E-state index in [1.807, 2.05) is 12.1 Å². The molecular formula is C14H22N2O3S. The summed E-state index contributed by atoms with van der Waals surface area (Å²) in [7, 11) is -3.19. The van der Waals surface area contributed by atoms with Crippen LogP contribution in [0.4, 0.5) is 0 Å². The van der Waals surface area contributed by atoms with Gasteiger partial charge in [-0.05, 0) is 38.8 Å². The maximum absolute atomic E-state index is 11.9. The molecule has 0 aliphatic rings. The molecule has 0 aliphatic carbocycles. The number of nitrogens with zero attached hydrogens (tertiary/aromatic N) is 1. The van der Waals surface area contributed by atoms with Gasteiger partial charge in [0.15, 0.2) is 9.84 Å². The molecule has 0 aliphatic heterocycles. The maximum Gasteiger partial charge on any atom is 0.220 e. The van der Waals surface area contributed by atoms with Crippen molar-refractivity contribution in [3.8, 4) is 0 Å². The molecule has 0 fully saturated rings. The Morgan fingerprint density at radius 3 is 2.60 bits per heavy atom. The summed E-state index contributed by atoms with van der Waals surface area (Å²) in [6.45, 7) is 5.14. The minimum atomic E-state index is -3.19. The highest BCUT2D eigenvalue weighted by atomic mass is 32.2. The fourth-order valence-corrected chi connectivity index (χ4v) is 2.51. The number of amides is 1. The first-order valence-electron chi connectivity index (χ1n) is 6.60. The Kier molecular flexibility index (Phi) is 5.68. The van der Waals surface area contributed by atoms with E-state index in [9.17, 15) is 13.2 Å². The lowest BCUT2D eigenvalue weighted by molar-refractivity contribution is -0.120. The second kappa shape index (κ2) is 6.83. The van der Waals surface area contributed by atoms with Gasteiger partial charge >= 0.3 is 0 Å². The number of carbonyl (C=O) groups excluding carboxylic acids is 1. The Morgan fingerprint density at radius 2 is 2.05 bits per heavy atom. The van der Waals surface area contributed by atoms with Gasteiger partial charge in [0, 0.05) is 25.4 Å². The first-order chi connectivity index (χ1) is 9.22. The lowest BCUT2D eigenvalue weighted by Gasteiger charge is -2.19. The number of pyridine rings is 1. The van der Waals surface area contributed by atoms with Crippen molar-refractivity contribution < 1.29 is 13.2 Å². The minimum Gasteiger partial charge on any atom is -0.355 e. The van der Waals surface area contributed by atoms with Gasteiger partial charge in [0.2, 0.25) is 5.91 Å². The fourth-order valence-electron chi connectivity index (χ4n) is 1.52. The van der Waals surface area contributed by atoms with E-state index in [0.717, 1.165) is 5.56 Å². The van der Waals surface area contributed by atoms with Crippen molar-refractivity contribution in [3.63, 3.8) is 0 Å². The summed E-state index contributed by atoms with van der Waals surface area (Å²) in [6.07, 6.45) is 4.34. The molecule has 0 spiro atoms. The number of aryl methyl sites for hydroxylation is 1. The monoisotopic (exact) mass is 298 g/mol. The van der Waals surface area contributed by atoms with Crippen molar-refractivity contribution in [1.29, 1.82) is 0 Å². The quantitative estimate of drug-likeness (QED) is 0.860. The zero-order valence-electron chi connectivity index (χ0n) is 12.2. The Hall–Kier alpha value is -1.43. The van der Waals surface area contributed by atoms with Gasteiger partial charge in [0.1, 0.15) is 0 Å². The van der Waals surface area contributed by atoms with Gasteiger partial charge in [0.05, 0.1) is 10.5 Å². The highest BCUT2D eigenvalue weighted by molar-refractivity contribution is 7.92. The zero-order valence-corrected chi connectivity index (χ0v) is 13.0. The average molecular weight is 298 g/mol. The SMILES string of the molecule is CC(C)(C)S(=O)(=O)CCNC(=O)CCc1cccnc1. The van der Waals surface area contributed by atoms with Crippen LogP contribution in [0.3, 0.4) is 0 Å².